The molecule has 0 fully saturated rings. The zero-order valence-corrected chi connectivity index (χ0v) is 25.8. The Labute approximate surface area is 264 Å². The first-order valence-electron chi connectivity index (χ1n) is 15.4. The van der Waals surface area contributed by atoms with E-state index < -0.39 is 5.41 Å². The van der Waals surface area contributed by atoms with Crippen molar-refractivity contribution in [3.63, 3.8) is 0 Å². The minimum absolute atomic E-state index is 0.0441. The Balaban J connectivity index is 1.12. The van der Waals surface area contributed by atoms with Crippen molar-refractivity contribution in [2.24, 2.45) is 0 Å². The van der Waals surface area contributed by atoms with E-state index in [9.17, 15) is 4.79 Å². The number of rotatable bonds is 9. The van der Waals surface area contributed by atoms with Crippen molar-refractivity contribution in [1.82, 2.24) is 4.98 Å². The fourth-order valence-corrected chi connectivity index (χ4v) is 6.59. The predicted octanol–water partition coefficient (Wildman–Crippen LogP) is 8.99. The van der Waals surface area contributed by atoms with Gasteiger partial charge in [-0.05, 0) is 103 Å². The average Bonchev–Trinajstić information content (AvgIpc) is 3.69. The van der Waals surface area contributed by atoms with Crippen LogP contribution < -0.4 is 9.47 Å². The Hall–Kier alpha value is -5.35. The van der Waals surface area contributed by atoms with Gasteiger partial charge in [0.2, 0.25) is 5.78 Å². The van der Waals surface area contributed by atoms with E-state index in [0.29, 0.717) is 30.2 Å². The highest BCUT2D eigenvalue weighted by Gasteiger charge is 2.46. The minimum atomic E-state index is -0.438. The number of hydrogen-bond acceptors (Lipinski definition) is 3. The van der Waals surface area contributed by atoms with Gasteiger partial charge in [-0.2, -0.15) is 0 Å². The summed E-state index contributed by atoms with van der Waals surface area (Å²) >= 11 is 0. The molecule has 0 saturated heterocycles. The van der Waals surface area contributed by atoms with E-state index in [1.807, 2.05) is 18.2 Å². The van der Waals surface area contributed by atoms with Crippen molar-refractivity contribution >= 4 is 5.78 Å². The molecule has 0 bridgehead atoms. The molecule has 1 aromatic heterocycles. The number of benzene rings is 5. The number of nitrogens with one attached hydrogen (secondary N) is 1. The van der Waals surface area contributed by atoms with Crippen molar-refractivity contribution in [2.45, 2.75) is 26.2 Å². The second-order valence-electron chi connectivity index (χ2n) is 11.9. The summed E-state index contributed by atoms with van der Waals surface area (Å²) in [6, 6.07) is 42.0. The largest absolute Gasteiger partial charge is 0.490 e. The molecule has 1 aliphatic rings. The van der Waals surface area contributed by atoms with Gasteiger partial charge in [-0.25, -0.2) is 0 Å². The summed E-state index contributed by atoms with van der Waals surface area (Å²) in [5.74, 6) is 1.44. The van der Waals surface area contributed by atoms with Crippen molar-refractivity contribution in [3.8, 4) is 22.6 Å². The average molecular weight is 590 g/mol. The van der Waals surface area contributed by atoms with Crippen molar-refractivity contribution in [2.75, 3.05) is 13.2 Å². The van der Waals surface area contributed by atoms with Gasteiger partial charge in [0.05, 0.1) is 11.1 Å². The number of ketones is 1. The highest BCUT2D eigenvalue weighted by molar-refractivity contribution is 6.07. The molecule has 0 saturated carbocycles. The third kappa shape index (κ3) is 5.12. The van der Waals surface area contributed by atoms with Crippen molar-refractivity contribution in [1.29, 1.82) is 0 Å². The van der Waals surface area contributed by atoms with Gasteiger partial charge in [-0.3, -0.25) is 4.79 Å². The number of fused-ring (bicyclic) bond motifs is 3. The van der Waals surface area contributed by atoms with E-state index >= 15 is 0 Å². The van der Waals surface area contributed by atoms with E-state index in [-0.39, 0.29) is 5.78 Å². The van der Waals surface area contributed by atoms with Crippen LogP contribution in [0.2, 0.25) is 0 Å². The van der Waals surface area contributed by atoms with Crippen molar-refractivity contribution < 1.29 is 14.3 Å². The summed E-state index contributed by atoms with van der Waals surface area (Å²) < 4.78 is 12.0. The van der Waals surface area contributed by atoms with Crippen LogP contribution in [-0.4, -0.2) is 24.0 Å². The molecule has 222 valence electrons. The maximum atomic E-state index is 12.5. The number of aromatic nitrogens is 1. The summed E-state index contributed by atoms with van der Waals surface area (Å²) in [6.45, 7) is 7.27. The lowest BCUT2D eigenvalue weighted by Gasteiger charge is -2.34. The van der Waals surface area contributed by atoms with Crippen LogP contribution in [0.3, 0.4) is 0 Å². The lowest BCUT2D eigenvalue weighted by Crippen LogP contribution is -2.28. The van der Waals surface area contributed by atoms with Crippen LogP contribution in [0.1, 0.15) is 55.0 Å². The number of H-pyrrole nitrogens is 1. The first kappa shape index (κ1) is 28.4. The number of hydrogen-bond donors (Lipinski definition) is 1. The number of aromatic amines is 1. The molecule has 0 aliphatic heterocycles. The first-order chi connectivity index (χ1) is 21.9. The third-order valence-electron chi connectivity index (χ3n) is 8.80. The van der Waals surface area contributed by atoms with E-state index in [2.05, 4.69) is 111 Å². The second kappa shape index (κ2) is 11.6. The van der Waals surface area contributed by atoms with Crippen molar-refractivity contribution in [3.05, 3.63) is 178 Å². The Kier molecular flexibility index (Phi) is 7.34. The molecule has 7 rings (SSSR count). The van der Waals surface area contributed by atoms with E-state index in [4.69, 9.17) is 9.47 Å². The van der Waals surface area contributed by atoms with Crippen LogP contribution in [0, 0.1) is 20.8 Å². The Bertz CT molecular complexity index is 1920. The Morgan fingerprint density at radius 3 is 1.60 bits per heavy atom. The molecular formula is C41H35NO3. The minimum Gasteiger partial charge on any atom is -0.490 e. The predicted molar refractivity (Wildman–Crippen MR) is 180 cm³/mol. The summed E-state index contributed by atoms with van der Waals surface area (Å²) in [5.41, 5.74) is 12.1. The van der Waals surface area contributed by atoms with Crippen LogP contribution in [0.4, 0.5) is 0 Å². The lowest BCUT2D eigenvalue weighted by atomic mass is 9.67. The van der Waals surface area contributed by atoms with Gasteiger partial charge < -0.3 is 14.5 Å². The summed E-state index contributed by atoms with van der Waals surface area (Å²) in [5, 5.41) is 0. The zero-order chi connectivity index (χ0) is 31.0. The smallest absolute Gasteiger partial charge is 0.209 e. The van der Waals surface area contributed by atoms with E-state index in [1.165, 1.54) is 50.1 Å². The first-order valence-corrected chi connectivity index (χ1v) is 15.4. The van der Waals surface area contributed by atoms with Crippen LogP contribution in [0.5, 0.6) is 11.5 Å². The molecule has 1 aliphatic carbocycles. The molecule has 6 aromatic rings. The fourth-order valence-electron chi connectivity index (χ4n) is 6.59. The van der Waals surface area contributed by atoms with Gasteiger partial charge in [0.1, 0.15) is 24.7 Å². The van der Waals surface area contributed by atoms with Crippen LogP contribution in [-0.2, 0) is 5.41 Å². The normalized spacial score (nSPS) is 12.8. The number of carbonyl (C=O) groups excluding carboxylic acids is 1. The summed E-state index contributed by atoms with van der Waals surface area (Å²) in [4.78, 5) is 15.5. The Morgan fingerprint density at radius 1 is 0.600 bits per heavy atom. The molecule has 45 heavy (non-hydrogen) atoms. The van der Waals surface area contributed by atoms with Gasteiger partial charge in [-0.1, -0.05) is 89.5 Å². The highest BCUT2D eigenvalue weighted by Crippen LogP contribution is 2.56. The topological polar surface area (TPSA) is 51.3 Å². The molecule has 1 N–H and O–H groups in total. The molecule has 4 heteroatoms. The lowest BCUT2D eigenvalue weighted by molar-refractivity contribution is 0.103. The number of ether oxygens (including phenoxy) is 2. The van der Waals surface area contributed by atoms with Gasteiger partial charge in [0, 0.05) is 11.8 Å². The molecule has 0 spiro atoms. The molecule has 0 atom stereocenters. The molecule has 5 aromatic carbocycles. The molecule has 0 amide bonds. The van der Waals surface area contributed by atoms with E-state index in [1.54, 1.807) is 24.4 Å². The van der Waals surface area contributed by atoms with Gasteiger partial charge >= 0.3 is 0 Å². The highest BCUT2D eigenvalue weighted by atomic mass is 16.5. The van der Waals surface area contributed by atoms with Gasteiger partial charge in [0.15, 0.2) is 0 Å². The maximum absolute atomic E-state index is 12.5. The van der Waals surface area contributed by atoms with E-state index in [0.717, 1.165) is 5.75 Å². The molecule has 0 unspecified atom stereocenters. The molecule has 0 radical (unpaired) electrons. The quantitative estimate of drug-likeness (QED) is 0.135. The molecule has 1 heterocycles. The number of aryl methyl sites for hydroxylation is 3. The third-order valence-corrected chi connectivity index (χ3v) is 8.80. The molecular weight excluding hydrogens is 554 g/mol. The van der Waals surface area contributed by atoms with Gasteiger partial charge in [-0.15, -0.1) is 0 Å². The monoisotopic (exact) mass is 589 g/mol. The summed E-state index contributed by atoms with van der Waals surface area (Å²) in [6.07, 6.45) is 1.74. The second-order valence-corrected chi connectivity index (χ2v) is 11.9. The summed E-state index contributed by atoms with van der Waals surface area (Å²) in [7, 11) is 0. The number of carbonyl (C=O) groups is 1. The standard InChI is InChI=1S/C41H35NO3/c1-27-6-12-31(13-7-27)41(37-25-28(2)8-20-35(37)36-21-9-29(3)26-38(36)41)32-14-18-34(19-15-32)45-24-23-44-33-16-10-30(11-17-33)40(43)39-5-4-22-42-39/h4-22,25-26,42H,23-24H2,1-3H3. The van der Waals surface area contributed by atoms with Crippen LogP contribution in [0.15, 0.2) is 128 Å². The zero-order valence-electron chi connectivity index (χ0n) is 25.8. The molecule has 4 nitrogen and oxygen atoms in total. The SMILES string of the molecule is Cc1ccc(C2(c3ccc(OCCOc4ccc(C(=O)c5ccc[nH]5)cc4)cc3)c3cc(C)ccc3-c3ccc(C)cc32)cc1. The van der Waals surface area contributed by atoms with Crippen LogP contribution in [0.25, 0.3) is 11.1 Å². The fraction of sp³-hybridized carbons (Fsp3) is 0.146. The Morgan fingerprint density at radius 2 is 1.09 bits per heavy atom. The van der Waals surface area contributed by atoms with Gasteiger partial charge in [0.25, 0.3) is 0 Å². The maximum Gasteiger partial charge on any atom is 0.209 e. The van der Waals surface area contributed by atoms with Crippen LogP contribution >= 0.6 is 0 Å².